The molecule has 2 aromatic carbocycles. The fourth-order valence-corrected chi connectivity index (χ4v) is 5.15. The molecule has 5 nitrogen and oxygen atoms in total. The first kappa shape index (κ1) is 17.2. The lowest BCUT2D eigenvalue weighted by Gasteiger charge is -2.17. The molecule has 0 aliphatic carbocycles. The number of nitrogens with zero attached hydrogens (tertiary/aromatic N) is 1. The largest absolute Gasteiger partial charge is 0.352 e. The van der Waals surface area contributed by atoms with Crippen LogP contribution >= 0.6 is 0 Å². The van der Waals surface area contributed by atoms with Gasteiger partial charge in [-0.25, -0.2) is 8.42 Å². The number of likely N-dealkylation sites (tertiary alicyclic amines) is 1. The Morgan fingerprint density at radius 1 is 1.08 bits per heavy atom. The fraction of sp³-hybridized carbons (Fsp3) is 0.350. The second-order valence-electron chi connectivity index (χ2n) is 7.37. The Labute approximate surface area is 153 Å². The van der Waals surface area contributed by atoms with Gasteiger partial charge in [-0.3, -0.25) is 4.79 Å². The van der Waals surface area contributed by atoms with Crippen LogP contribution in [0.15, 0.2) is 47.4 Å². The average Bonchev–Trinajstić information content (AvgIpc) is 2.93. The van der Waals surface area contributed by atoms with Gasteiger partial charge < -0.3 is 10.2 Å². The van der Waals surface area contributed by atoms with E-state index < -0.39 is 9.84 Å². The van der Waals surface area contributed by atoms with Crippen LogP contribution in [0.3, 0.4) is 0 Å². The summed E-state index contributed by atoms with van der Waals surface area (Å²) in [5.41, 5.74) is 3.11. The minimum absolute atomic E-state index is 0.0734. The van der Waals surface area contributed by atoms with Crippen molar-refractivity contribution in [3.63, 3.8) is 0 Å². The Hall–Kier alpha value is -2.18. The van der Waals surface area contributed by atoms with Crippen molar-refractivity contribution in [3.8, 4) is 11.1 Å². The standard InChI is InChI=1S/C20H22N2O3S/c1-22-11-14-10-21-20(23)17-9-13(7-8-16(17)18(14)12-22)15-5-3-4-6-19(15)26(2,24)25/h3-9,14,18H,10-12H2,1-2H3,(H,21,23)/t14-,18-/m1/s1. The number of nitrogens with one attached hydrogen (secondary N) is 1. The third-order valence-electron chi connectivity index (χ3n) is 5.44. The van der Waals surface area contributed by atoms with Gasteiger partial charge in [-0.15, -0.1) is 0 Å². The monoisotopic (exact) mass is 370 g/mol. The Kier molecular flexibility index (Phi) is 4.12. The van der Waals surface area contributed by atoms with Gasteiger partial charge in [-0.2, -0.15) is 0 Å². The molecule has 1 fully saturated rings. The molecule has 2 aliphatic rings. The van der Waals surface area contributed by atoms with E-state index in [1.165, 1.54) is 6.26 Å². The van der Waals surface area contributed by atoms with E-state index in [0.717, 1.165) is 24.2 Å². The van der Waals surface area contributed by atoms with Crippen LogP contribution in [0.5, 0.6) is 0 Å². The second-order valence-corrected chi connectivity index (χ2v) is 9.35. The highest BCUT2D eigenvalue weighted by atomic mass is 32.2. The molecule has 136 valence electrons. The first-order valence-electron chi connectivity index (χ1n) is 8.75. The molecule has 1 amide bonds. The number of carbonyl (C=O) groups excluding carboxylic acids is 1. The quantitative estimate of drug-likeness (QED) is 0.880. The van der Waals surface area contributed by atoms with Crippen molar-refractivity contribution < 1.29 is 13.2 Å². The molecule has 2 heterocycles. The van der Waals surface area contributed by atoms with Crippen molar-refractivity contribution in [1.82, 2.24) is 10.2 Å². The van der Waals surface area contributed by atoms with Crippen LogP contribution in [0.4, 0.5) is 0 Å². The molecule has 0 radical (unpaired) electrons. The maximum absolute atomic E-state index is 12.6. The van der Waals surface area contributed by atoms with Crippen LogP contribution in [-0.2, 0) is 9.84 Å². The summed E-state index contributed by atoms with van der Waals surface area (Å²) in [7, 11) is -1.25. The van der Waals surface area contributed by atoms with E-state index >= 15 is 0 Å². The fourth-order valence-electron chi connectivity index (χ4n) is 4.24. The highest BCUT2D eigenvalue weighted by Gasteiger charge is 2.36. The highest BCUT2D eigenvalue weighted by Crippen LogP contribution is 2.37. The summed E-state index contributed by atoms with van der Waals surface area (Å²) >= 11 is 0. The molecule has 2 atom stereocenters. The van der Waals surface area contributed by atoms with Gasteiger partial charge in [-0.1, -0.05) is 30.3 Å². The van der Waals surface area contributed by atoms with Gasteiger partial charge in [0, 0.05) is 42.9 Å². The number of rotatable bonds is 2. The molecule has 1 N–H and O–H groups in total. The predicted molar refractivity (Wildman–Crippen MR) is 101 cm³/mol. The molecular formula is C20H22N2O3S. The van der Waals surface area contributed by atoms with Gasteiger partial charge in [0.25, 0.3) is 5.91 Å². The molecule has 0 spiro atoms. The Balaban J connectivity index is 1.85. The SMILES string of the molecule is CN1C[C@H]2CNC(=O)c3cc(-c4ccccc4S(C)(=O)=O)ccc3[C@@H]2C1. The summed E-state index contributed by atoms with van der Waals surface area (Å²) in [6.07, 6.45) is 1.21. The molecular weight excluding hydrogens is 348 g/mol. The van der Waals surface area contributed by atoms with Crippen molar-refractivity contribution in [2.24, 2.45) is 5.92 Å². The summed E-state index contributed by atoms with van der Waals surface area (Å²) < 4.78 is 24.3. The minimum atomic E-state index is -3.35. The summed E-state index contributed by atoms with van der Waals surface area (Å²) in [5, 5.41) is 3.03. The average molecular weight is 370 g/mol. The summed E-state index contributed by atoms with van der Waals surface area (Å²) in [6, 6.07) is 12.7. The summed E-state index contributed by atoms with van der Waals surface area (Å²) in [4.78, 5) is 15.2. The van der Waals surface area contributed by atoms with E-state index in [2.05, 4.69) is 17.3 Å². The van der Waals surface area contributed by atoms with Gasteiger partial charge >= 0.3 is 0 Å². The van der Waals surface area contributed by atoms with Crippen LogP contribution in [-0.4, -0.2) is 52.2 Å². The smallest absolute Gasteiger partial charge is 0.251 e. The lowest BCUT2D eigenvalue weighted by molar-refractivity contribution is 0.0951. The minimum Gasteiger partial charge on any atom is -0.352 e. The topological polar surface area (TPSA) is 66.5 Å². The van der Waals surface area contributed by atoms with Gasteiger partial charge in [-0.05, 0) is 36.2 Å². The molecule has 0 aromatic heterocycles. The molecule has 0 saturated carbocycles. The Morgan fingerprint density at radius 3 is 2.62 bits per heavy atom. The van der Waals surface area contributed by atoms with Gasteiger partial charge in [0.1, 0.15) is 0 Å². The van der Waals surface area contributed by atoms with Crippen molar-refractivity contribution in [1.29, 1.82) is 0 Å². The Morgan fingerprint density at radius 2 is 1.85 bits per heavy atom. The molecule has 6 heteroatoms. The molecule has 2 aromatic rings. The maximum Gasteiger partial charge on any atom is 0.251 e. The third-order valence-corrected chi connectivity index (χ3v) is 6.60. The highest BCUT2D eigenvalue weighted by molar-refractivity contribution is 7.90. The summed E-state index contributed by atoms with van der Waals surface area (Å²) in [6.45, 7) is 2.59. The number of carbonyl (C=O) groups is 1. The van der Waals surface area contributed by atoms with Crippen molar-refractivity contribution in [2.75, 3.05) is 32.9 Å². The number of likely N-dealkylation sites (N-methyl/N-ethyl adjacent to an activating group) is 1. The molecule has 4 rings (SSSR count). The van der Waals surface area contributed by atoms with Crippen LogP contribution in [0.1, 0.15) is 21.8 Å². The predicted octanol–water partition coefficient (Wildman–Crippen LogP) is 2.15. The van der Waals surface area contributed by atoms with E-state index in [-0.39, 0.29) is 10.8 Å². The molecule has 1 saturated heterocycles. The number of fused-ring (bicyclic) bond motifs is 3. The first-order chi connectivity index (χ1) is 12.3. The van der Waals surface area contributed by atoms with Gasteiger partial charge in [0.15, 0.2) is 9.84 Å². The van der Waals surface area contributed by atoms with Crippen molar-refractivity contribution in [3.05, 3.63) is 53.6 Å². The first-order valence-corrected chi connectivity index (χ1v) is 10.6. The zero-order valence-corrected chi connectivity index (χ0v) is 15.7. The zero-order valence-electron chi connectivity index (χ0n) is 14.9. The Bertz CT molecular complexity index is 984. The molecule has 26 heavy (non-hydrogen) atoms. The van der Waals surface area contributed by atoms with E-state index in [0.29, 0.717) is 29.5 Å². The van der Waals surface area contributed by atoms with E-state index in [9.17, 15) is 13.2 Å². The number of sulfone groups is 1. The van der Waals surface area contributed by atoms with Crippen LogP contribution in [0, 0.1) is 5.92 Å². The molecule has 0 bridgehead atoms. The molecule has 2 aliphatic heterocycles. The zero-order chi connectivity index (χ0) is 18.5. The normalized spacial score (nSPS) is 23.1. The van der Waals surface area contributed by atoms with Crippen LogP contribution in [0.2, 0.25) is 0 Å². The van der Waals surface area contributed by atoms with E-state index in [1.807, 2.05) is 24.3 Å². The van der Waals surface area contributed by atoms with Crippen molar-refractivity contribution >= 4 is 15.7 Å². The number of amides is 1. The van der Waals surface area contributed by atoms with Gasteiger partial charge in [0.2, 0.25) is 0 Å². The van der Waals surface area contributed by atoms with E-state index in [1.54, 1.807) is 18.2 Å². The van der Waals surface area contributed by atoms with Crippen LogP contribution < -0.4 is 5.32 Å². The third kappa shape index (κ3) is 2.93. The molecule has 0 unspecified atom stereocenters. The lowest BCUT2D eigenvalue weighted by atomic mass is 9.86. The number of hydrogen-bond acceptors (Lipinski definition) is 4. The number of hydrogen-bond donors (Lipinski definition) is 1. The van der Waals surface area contributed by atoms with Gasteiger partial charge in [0.05, 0.1) is 4.90 Å². The van der Waals surface area contributed by atoms with Crippen LogP contribution in [0.25, 0.3) is 11.1 Å². The van der Waals surface area contributed by atoms with Crippen molar-refractivity contribution in [2.45, 2.75) is 10.8 Å². The van der Waals surface area contributed by atoms with E-state index in [4.69, 9.17) is 0 Å². The summed E-state index contributed by atoms with van der Waals surface area (Å²) in [5.74, 6) is 0.670. The maximum atomic E-state index is 12.6. The number of benzene rings is 2. The lowest BCUT2D eigenvalue weighted by Crippen LogP contribution is -2.29. The second kappa shape index (κ2) is 6.21.